The molecule has 1 aromatic rings. The Balaban J connectivity index is 2.25. The molecule has 4 nitrogen and oxygen atoms in total. The molecule has 0 bridgehead atoms. The summed E-state index contributed by atoms with van der Waals surface area (Å²) in [5.41, 5.74) is 2.29. The van der Waals surface area contributed by atoms with Gasteiger partial charge in [0.2, 0.25) is 0 Å². The van der Waals surface area contributed by atoms with E-state index in [0.29, 0.717) is 18.8 Å². The Bertz CT molecular complexity index is 403. The first-order valence-electron chi connectivity index (χ1n) is 6.37. The second-order valence-corrected chi connectivity index (χ2v) is 6.32. The lowest BCUT2D eigenvalue weighted by Gasteiger charge is -2.14. The molecule has 0 aliphatic carbocycles. The maximum absolute atomic E-state index is 10.8. The van der Waals surface area contributed by atoms with E-state index in [2.05, 4.69) is 11.4 Å². The van der Waals surface area contributed by atoms with Crippen LogP contribution in [-0.4, -0.2) is 47.1 Å². The topological polar surface area (TPSA) is 58.6 Å². The summed E-state index contributed by atoms with van der Waals surface area (Å²) in [5, 5.41) is 12.8. The third-order valence-corrected chi connectivity index (χ3v) is 3.36. The van der Waals surface area contributed by atoms with E-state index in [0.717, 1.165) is 16.9 Å². The van der Waals surface area contributed by atoms with Gasteiger partial charge in [0.15, 0.2) is 0 Å². The molecule has 0 saturated heterocycles. The number of aliphatic hydroxyl groups is 1. The van der Waals surface area contributed by atoms with Gasteiger partial charge in [-0.1, -0.05) is 6.07 Å². The standard InChI is InChI=1S/C14H23NO3S/c1-11-6-12(2)8-14(7-11)18-10-13(16)9-15-4-5-19(3)17/h6-8,13,15-16H,4-5,9-10H2,1-3H3. The highest BCUT2D eigenvalue weighted by Crippen LogP contribution is 2.16. The largest absolute Gasteiger partial charge is 0.491 e. The average Bonchev–Trinajstić information content (AvgIpc) is 2.31. The summed E-state index contributed by atoms with van der Waals surface area (Å²) in [6.45, 7) is 5.38. The van der Waals surface area contributed by atoms with E-state index in [1.807, 2.05) is 26.0 Å². The van der Waals surface area contributed by atoms with Crippen molar-refractivity contribution in [3.05, 3.63) is 29.3 Å². The van der Waals surface area contributed by atoms with Gasteiger partial charge in [0.1, 0.15) is 18.5 Å². The van der Waals surface area contributed by atoms with E-state index >= 15 is 0 Å². The second-order valence-electron chi connectivity index (χ2n) is 4.77. The smallest absolute Gasteiger partial charge is 0.119 e. The van der Waals surface area contributed by atoms with Crippen molar-refractivity contribution in [1.82, 2.24) is 5.32 Å². The summed E-state index contributed by atoms with van der Waals surface area (Å²) < 4.78 is 16.4. The Kier molecular flexibility index (Phi) is 7.05. The lowest BCUT2D eigenvalue weighted by atomic mass is 10.1. The molecule has 108 valence electrons. The van der Waals surface area contributed by atoms with Gasteiger partial charge in [-0.05, 0) is 37.1 Å². The highest BCUT2D eigenvalue weighted by atomic mass is 32.2. The maximum Gasteiger partial charge on any atom is 0.119 e. The zero-order chi connectivity index (χ0) is 14.3. The molecule has 0 aromatic heterocycles. The predicted molar refractivity (Wildman–Crippen MR) is 79.2 cm³/mol. The lowest BCUT2D eigenvalue weighted by molar-refractivity contribution is 0.107. The Morgan fingerprint density at radius 3 is 2.53 bits per heavy atom. The molecule has 0 spiro atoms. The molecule has 0 aliphatic heterocycles. The Hall–Kier alpha value is -0.910. The number of aliphatic hydroxyl groups excluding tert-OH is 1. The summed E-state index contributed by atoms with van der Waals surface area (Å²) in [6, 6.07) is 5.98. The van der Waals surface area contributed by atoms with Crippen molar-refractivity contribution in [3.8, 4) is 5.75 Å². The van der Waals surface area contributed by atoms with E-state index in [4.69, 9.17) is 4.74 Å². The molecule has 1 rings (SSSR count). The van der Waals surface area contributed by atoms with Crippen LogP contribution in [-0.2, 0) is 10.8 Å². The minimum atomic E-state index is -0.794. The summed E-state index contributed by atoms with van der Waals surface area (Å²) in [6.07, 6.45) is 1.10. The zero-order valence-electron chi connectivity index (χ0n) is 11.8. The lowest BCUT2D eigenvalue weighted by Crippen LogP contribution is -2.33. The summed E-state index contributed by atoms with van der Waals surface area (Å²) in [7, 11) is -0.794. The van der Waals surface area contributed by atoms with Crippen molar-refractivity contribution in [2.45, 2.75) is 20.0 Å². The van der Waals surface area contributed by atoms with Crippen LogP contribution < -0.4 is 10.1 Å². The van der Waals surface area contributed by atoms with Gasteiger partial charge >= 0.3 is 0 Å². The molecule has 0 fully saturated rings. The first-order valence-corrected chi connectivity index (χ1v) is 8.10. The van der Waals surface area contributed by atoms with Crippen molar-refractivity contribution >= 4 is 10.8 Å². The van der Waals surface area contributed by atoms with Crippen molar-refractivity contribution < 1.29 is 14.1 Å². The number of hydrogen-bond donors (Lipinski definition) is 2. The normalized spacial score (nSPS) is 14.1. The third kappa shape index (κ3) is 7.30. The number of rotatable bonds is 8. The molecule has 0 heterocycles. The fourth-order valence-electron chi connectivity index (χ4n) is 1.75. The number of ether oxygens (including phenoxy) is 1. The van der Waals surface area contributed by atoms with E-state index in [-0.39, 0.29) is 6.61 Å². The van der Waals surface area contributed by atoms with Gasteiger partial charge in [0.25, 0.3) is 0 Å². The number of aryl methyl sites for hydroxylation is 2. The first kappa shape index (κ1) is 16.1. The molecule has 19 heavy (non-hydrogen) atoms. The quantitative estimate of drug-likeness (QED) is 0.700. The third-order valence-electron chi connectivity index (χ3n) is 2.58. The maximum atomic E-state index is 10.8. The van der Waals surface area contributed by atoms with Crippen LogP contribution in [0.2, 0.25) is 0 Å². The van der Waals surface area contributed by atoms with Crippen molar-refractivity contribution in [1.29, 1.82) is 0 Å². The highest BCUT2D eigenvalue weighted by molar-refractivity contribution is 7.84. The SMILES string of the molecule is Cc1cc(C)cc(OCC(O)CNCCS(C)=O)c1. The van der Waals surface area contributed by atoms with Gasteiger partial charge < -0.3 is 15.2 Å². The van der Waals surface area contributed by atoms with Gasteiger partial charge in [0.05, 0.1) is 0 Å². The minimum Gasteiger partial charge on any atom is -0.491 e. The first-order chi connectivity index (χ1) is 8.97. The summed E-state index contributed by atoms with van der Waals surface area (Å²) >= 11 is 0. The molecule has 0 aliphatic rings. The molecular formula is C14H23NO3S. The summed E-state index contributed by atoms with van der Waals surface area (Å²) in [5.74, 6) is 1.39. The molecular weight excluding hydrogens is 262 g/mol. The van der Waals surface area contributed by atoms with Crippen molar-refractivity contribution in [2.24, 2.45) is 0 Å². The highest BCUT2D eigenvalue weighted by Gasteiger charge is 2.05. The van der Waals surface area contributed by atoms with Crippen LogP contribution in [0, 0.1) is 13.8 Å². The molecule has 5 heteroatoms. The zero-order valence-corrected chi connectivity index (χ0v) is 12.6. The molecule has 0 saturated carbocycles. The van der Waals surface area contributed by atoms with Gasteiger partial charge in [-0.2, -0.15) is 0 Å². The molecule has 1 aromatic carbocycles. The molecule has 2 N–H and O–H groups in total. The Morgan fingerprint density at radius 1 is 1.32 bits per heavy atom. The van der Waals surface area contributed by atoms with Crippen LogP contribution in [0.25, 0.3) is 0 Å². The van der Waals surface area contributed by atoms with Crippen LogP contribution in [0.3, 0.4) is 0 Å². The van der Waals surface area contributed by atoms with Crippen molar-refractivity contribution in [3.63, 3.8) is 0 Å². The van der Waals surface area contributed by atoms with E-state index in [1.54, 1.807) is 6.26 Å². The molecule has 0 amide bonds. The minimum absolute atomic E-state index is 0.255. The monoisotopic (exact) mass is 285 g/mol. The Labute approximate surface area is 117 Å². The van der Waals surface area contributed by atoms with Crippen LogP contribution in [0.15, 0.2) is 18.2 Å². The van der Waals surface area contributed by atoms with Crippen LogP contribution in [0.1, 0.15) is 11.1 Å². The van der Waals surface area contributed by atoms with Gasteiger partial charge in [-0.15, -0.1) is 0 Å². The second kappa shape index (κ2) is 8.30. The van der Waals surface area contributed by atoms with E-state index in [9.17, 15) is 9.32 Å². The Morgan fingerprint density at radius 2 is 1.95 bits per heavy atom. The van der Waals surface area contributed by atoms with Crippen LogP contribution >= 0.6 is 0 Å². The van der Waals surface area contributed by atoms with Crippen molar-refractivity contribution in [2.75, 3.05) is 31.7 Å². The average molecular weight is 285 g/mol. The molecule has 2 atom stereocenters. The fourth-order valence-corrected chi connectivity index (χ4v) is 2.18. The number of benzene rings is 1. The number of hydrogen-bond acceptors (Lipinski definition) is 4. The van der Waals surface area contributed by atoms with Gasteiger partial charge in [-0.3, -0.25) is 4.21 Å². The van der Waals surface area contributed by atoms with Gasteiger partial charge in [-0.25, -0.2) is 0 Å². The predicted octanol–water partition coefficient (Wildman–Crippen LogP) is 1.01. The molecule has 2 unspecified atom stereocenters. The fraction of sp³-hybridized carbons (Fsp3) is 0.571. The molecule has 0 radical (unpaired) electrons. The number of nitrogens with one attached hydrogen (secondary N) is 1. The summed E-state index contributed by atoms with van der Waals surface area (Å²) in [4.78, 5) is 0. The van der Waals surface area contributed by atoms with Gasteiger partial charge in [0, 0.05) is 35.9 Å². The van der Waals surface area contributed by atoms with Crippen LogP contribution in [0.4, 0.5) is 0 Å². The van der Waals surface area contributed by atoms with E-state index < -0.39 is 16.9 Å². The van der Waals surface area contributed by atoms with E-state index in [1.165, 1.54) is 0 Å². The van der Waals surface area contributed by atoms with Crippen LogP contribution in [0.5, 0.6) is 5.75 Å².